The minimum Gasteiger partial charge on any atom is -0.492 e. The zero-order chi connectivity index (χ0) is 25.0. The van der Waals surface area contributed by atoms with Gasteiger partial charge in [-0.2, -0.15) is 0 Å². The van der Waals surface area contributed by atoms with E-state index >= 15 is 0 Å². The van der Waals surface area contributed by atoms with Crippen molar-refractivity contribution in [2.24, 2.45) is 0 Å². The van der Waals surface area contributed by atoms with E-state index < -0.39 is 0 Å². The molecular formula is C29H42N2O3S. The summed E-state index contributed by atoms with van der Waals surface area (Å²) in [5, 5.41) is 1.43. The summed E-state index contributed by atoms with van der Waals surface area (Å²) in [5.41, 5.74) is 0.0434. The molecule has 0 amide bonds. The van der Waals surface area contributed by atoms with Gasteiger partial charge in [-0.3, -0.25) is 14.6 Å². The van der Waals surface area contributed by atoms with E-state index in [1.54, 1.807) is 11.3 Å². The van der Waals surface area contributed by atoms with Gasteiger partial charge in [0, 0.05) is 33.3 Å². The Morgan fingerprint density at radius 1 is 0.629 bits per heavy atom. The van der Waals surface area contributed by atoms with E-state index in [0.29, 0.717) is 24.0 Å². The summed E-state index contributed by atoms with van der Waals surface area (Å²) < 4.78 is 14.0. The minimum atomic E-state index is 0.0434. The normalized spacial score (nSPS) is 11.7. The molecule has 0 fully saturated rings. The van der Waals surface area contributed by atoms with E-state index in [9.17, 15) is 4.79 Å². The maximum absolute atomic E-state index is 13.4. The number of fused-ring (bicyclic) bond motifs is 2. The fraction of sp³-hybridized carbons (Fsp3) is 0.552. The quantitative estimate of drug-likeness (QED) is 0.213. The summed E-state index contributed by atoms with van der Waals surface area (Å²) in [6.07, 6.45) is 4.58. The van der Waals surface area contributed by atoms with Crippen molar-refractivity contribution in [1.29, 1.82) is 0 Å². The van der Waals surface area contributed by atoms with Crippen LogP contribution >= 0.6 is 11.3 Å². The lowest BCUT2D eigenvalue weighted by Gasteiger charge is -2.21. The Bertz CT molecular complexity index is 1020. The number of hydrogen-bond donors (Lipinski definition) is 0. The molecule has 0 aliphatic heterocycles. The molecule has 5 nitrogen and oxygen atoms in total. The maximum atomic E-state index is 13.4. The van der Waals surface area contributed by atoms with Gasteiger partial charge >= 0.3 is 0 Å². The Balaban J connectivity index is 1.71. The molecule has 0 atom stereocenters. The van der Waals surface area contributed by atoms with E-state index in [-0.39, 0.29) is 5.43 Å². The molecule has 0 bridgehead atoms. The highest BCUT2D eigenvalue weighted by atomic mass is 32.1. The van der Waals surface area contributed by atoms with Gasteiger partial charge in [0.25, 0.3) is 0 Å². The third-order valence-corrected chi connectivity index (χ3v) is 7.27. The summed E-state index contributed by atoms with van der Waals surface area (Å²) in [6, 6.07) is 11.8. The minimum absolute atomic E-state index is 0.0434. The summed E-state index contributed by atoms with van der Waals surface area (Å²) >= 11 is 1.64. The summed E-state index contributed by atoms with van der Waals surface area (Å²) in [6.45, 7) is 16.2. The van der Waals surface area contributed by atoms with Crippen LogP contribution in [0.4, 0.5) is 0 Å². The molecule has 0 saturated carbocycles. The van der Waals surface area contributed by atoms with Gasteiger partial charge in [-0.05, 0) is 88.3 Å². The SMILES string of the molecule is CCCN(CCC)CCOc1ccc2sc3ccc(OCCN(CCC)CCC)cc3c(=O)c2c1. The number of rotatable bonds is 16. The van der Waals surface area contributed by atoms with Gasteiger partial charge in [0.15, 0.2) is 5.43 Å². The second-order valence-corrected chi connectivity index (χ2v) is 10.2. The first-order valence-corrected chi connectivity index (χ1v) is 14.1. The number of hydrogen-bond acceptors (Lipinski definition) is 6. The Morgan fingerprint density at radius 2 is 1.03 bits per heavy atom. The van der Waals surface area contributed by atoms with Crippen molar-refractivity contribution in [3.05, 3.63) is 46.6 Å². The summed E-state index contributed by atoms with van der Waals surface area (Å²) in [7, 11) is 0. The van der Waals surface area contributed by atoms with Gasteiger partial charge in [-0.1, -0.05) is 27.7 Å². The molecule has 6 heteroatoms. The van der Waals surface area contributed by atoms with Crippen molar-refractivity contribution in [3.8, 4) is 11.5 Å². The van der Waals surface area contributed by atoms with E-state index in [2.05, 4.69) is 37.5 Å². The number of nitrogens with zero attached hydrogens (tertiary/aromatic N) is 2. The zero-order valence-corrected chi connectivity index (χ0v) is 22.8. The fourth-order valence-electron chi connectivity index (χ4n) is 4.52. The lowest BCUT2D eigenvalue weighted by Crippen LogP contribution is -2.30. The van der Waals surface area contributed by atoms with Crippen LogP contribution in [-0.2, 0) is 0 Å². The second-order valence-electron chi connectivity index (χ2n) is 9.13. The topological polar surface area (TPSA) is 42.0 Å². The van der Waals surface area contributed by atoms with Gasteiger partial charge < -0.3 is 9.47 Å². The van der Waals surface area contributed by atoms with Crippen LogP contribution in [0.1, 0.15) is 53.4 Å². The fourth-order valence-corrected chi connectivity index (χ4v) is 5.55. The largest absolute Gasteiger partial charge is 0.492 e. The van der Waals surface area contributed by atoms with Crippen LogP contribution in [0.3, 0.4) is 0 Å². The van der Waals surface area contributed by atoms with Crippen LogP contribution in [0.25, 0.3) is 20.2 Å². The van der Waals surface area contributed by atoms with Crippen molar-refractivity contribution in [1.82, 2.24) is 9.80 Å². The molecule has 2 aromatic carbocycles. The predicted octanol–water partition coefficient (Wildman–Crippen LogP) is 6.42. The summed E-state index contributed by atoms with van der Waals surface area (Å²) in [4.78, 5) is 18.2. The van der Waals surface area contributed by atoms with Gasteiger partial charge in [-0.25, -0.2) is 0 Å². The molecule has 1 heterocycles. The highest BCUT2D eigenvalue weighted by Crippen LogP contribution is 2.29. The number of ether oxygens (including phenoxy) is 2. The highest BCUT2D eigenvalue weighted by Gasteiger charge is 2.10. The smallest absolute Gasteiger partial charge is 0.196 e. The van der Waals surface area contributed by atoms with Crippen molar-refractivity contribution < 1.29 is 9.47 Å². The van der Waals surface area contributed by atoms with E-state index in [1.165, 1.54) is 0 Å². The first-order valence-electron chi connectivity index (χ1n) is 13.3. The zero-order valence-electron chi connectivity index (χ0n) is 22.0. The average molecular weight is 499 g/mol. The third-order valence-electron chi connectivity index (χ3n) is 6.12. The van der Waals surface area contributed by atoms with Crippen molar-refractivity contribution in [2.45, 2.75) is 53.4 Å². The van der Waals surface area contributed by atoms with E-state index in [1.807, 2.05) is 36.4 Å². The van der Waals surface area contributed by atoms with Crippen LogP contribution in [0, 0.1) is 0 Å². The highest BCUT2D eigenvalue weighted by molar-refractivity contribution is 7.24. The first kappa shape index (κ1) is 27.4. The Hall–Kier alpha value is -2.15. The summed E-state index contributed by atoms with van der Waals surface area (Å²) in [5.74, 6) is 1.52. The molecule has 3 rings (SSSR count). The first-order chi connectivity index (χ1) is 17.1. The van der Waals surface area contributed by atoms with Crippen molar-refractivity contribution in [3.63, 3.8) is 0 Å². The van der Waals surface area contributed by atoms with Crippen LogP contribution < -0.4 is 14.9 Å². The third kappa shape index (κ3) is 7.92. The van der Waals surface area contributed by atoms with Gasteiger partial charge in [0.1, 0.15) is 24.7 Å². The molecule has 1 aromatic heterocycles. The average Bonchev–Trinajstić information content (AvgIpc) is 2.85. The second kappa shape index (κ2) is 14.4. The molecular weight excluding hydrogens is 456 g/mol. The molecule has 0 spiro atoms. The molecule has 35 heavy (non-hydrogen) atoms. The van der Waals surface area contributed by atoms with Gasteiger partial charge in [0.05, 0.1) is 0 Å². The van der Waals surface area contributed by atoms with Crippen LogP contribution in [0.2, 0.25) is 0 Å². The van der Waals surface area contributed by atoms with Crippen molar-refractivity contribution >= 4 is 31.5 Å². The van der Waals surface area contributed by atoms with Gasteiger partial charge in [-0.15, -0.1) is 11.3 Å². The van der Waals surface area contributed by atoms with Crippen LogP contribution in [0.5, 0.6) is 11.5 Å². The molecule has 192 valence electrons. The molecule has 0 N–H and O–H groups in total. The monoisotopic (exact) mass is 498 g/mol. The maximum Gasteiger partial charge on any atom is 0.196 e. The predicted molar refractivity (Wildman–Crippen MR) is 151 cm³/mol. The molecule has 0 radical (unpaired) electrons. The Labute approximate surface area is 214 Å². The van der Waals surface area contributed by atoms with Crippen LogP contribution in [-0.4, -0.2) is 62.3 Å². The van der Waals surface area contributed by atoms with E-state index in [4.69, 9.17) is 9.47 Å². The van der Waals surface area contributed by atoms with Gasteiger partial charge in [0.2, 0.25) is 0 Å². The van der Waals surface area contributed by atoms with Crippen molar-refractivity contribution in [2.75, 3.05) is 52.5 Å². The molecule has 0 aliphatic carbocycles. The lowest BCUT2D eigenvalue weighted by molar-refractivity contribution is 0.209. The molecule has 0 unspecified atom stereocenters. The Kier molecular flexibility index (Phi) is 11.3. The van der Waals surface area contributed by atoms with E-state index in [0.717, 1.165) is 85.9 Å². The standard InChI is InChI=1S/C29H42N2O3S/c1-5-13-30(14-6-2)17-19-33-23-9-11-27-25(21-23)29(32)26-22-24(10-12-28(26)35-27)34-20-18-31(15-7-3)16-8-4/h9-12,21-22H,5-8,13-20H2,1-4H3. The molecule has 0 saturated heterocycles. The lowest BCUT2D eigenvalue weighted by atomic mass is 10.1. The molecule has 0 aliphatic rings. The Morgan fingerprint density at radius 3 is 1.40 bits per heavy atom. The number of benzene rings is 2. The van der Waals surface area contributed by atoms with Crippen LogP contribution in [0.15, 0.2) is 41.2 Å². The molecule has 3 aromatic rings.